The van der Waals surface area contributed by atoms with Crippen LogP contribution in [0.5, 0.6) is 0 Å². The Hall–Kier alpha value is -1.63. The maximum atomic E-state index is 12.3. The lowest BCUT2D eigenvalue weighted by molar-refractivity contribution is 0.508. The van der Waals surface area contributed by atoms with E-state index in [2.05, 4.69) is 5.01 Å². The predicted octanol–water partition coefficient (Wildman–Crippen LogP) is 2.14. The van der Waals surface area contributed by atoms with E-state index in [0.717, 1.165) is 12.1 Å². The first kappa shape index (κ1) is 7.48. The lowest BCUT2D eigenvalue weighted by Gasteiger charge is -1.88. The molecule has 0 bridgehead atoms. The van der Waals surface area contributed by atoms with Gasteiger partial charge in [-0.3, -0.25) is 0 Å². The maximum absolute atomic E-state index is 12.3. The molecule has 0 heterocycles. The largest absolute Gasteiger partial charge is 0.498 e. The molecule has 0 atom stereocenters. The summed E-state index contributed by atoms with van der Waals surface area (Å²) in [6.45, 7) is 0. The van der Waals surface area contributed by atoms with Crippen molar-refractivity contribution in [3.8, 4) is 6.07 Å². The summed E-state index contributed by atoms with van der Waals surface area (Å²) in [7, 11) is 0. The second-order valence-corrected chi connectivity index (χ2v) is 1.83. The molecule has 1 rings (SSSR count). The summed E-state index contributed by atoms with van der Waals surface area (Å²) >= 11 is 0. The van der Waals surface area contributed by atoms with Crippen molar-refractivity contribution in [3.05, 3.63) is 45.6 Å². The molecule has 0 aliphatic heterocycles. The van der Waals surface area contributed by atoms with E-state index in [9.17, 15) is 14.0 Å². The minimum atomic E-state index is -1.02. The van der Waals surface area contributed by atoms with Crippen LogP contribution in [0, 0.1) is 22.9 Å². The number of nitrogens with zero attached hydrogens (tertiary/aromatic N) is 1. The molecular weight excluding hydrogens is 152 g/mol. The van der Waals surface area contributed by atoms with Gasteiger partial charge in [-0.05, 0) is 18.2 Å². The fourth-order valence-corrected chi connectivity index (χ4v) is 0.618. The van der Waals surface area contributed by atoms with Crippen molar-refractivity contribution in [2.45, 2.75) is 0 Å². The number of hydrogen-bond acceptors (Lipinski definition) is 1. The van der Waals surface area contributed by atoms with Crippen LogP contribution in [0.4, 0.5) is 8.78 Å². The van der Waals surface area contributed by atoms with Gasteiger partial charge in [0, 0.05) is 5.01 Å². The van der Waals surface area contributed by atoms with Crippen LogP contribution < -0.4 is 0 Å². The molecule has 0 amide bonds. The third kappa shape index (κ3) is 1.64. The molecule has 2 nitrogen and oxygen atoms in total. The van der Waals surface area contributed by atoms with E-state index in [1.807, 2.05) is 6.07 Å². The second-order valence-electron chi connectivity index (χ2n) is 1.83. The van der Waals surface area contributed by atoms with Crippen molar-refractivity contribution >= 4 is 0 Å². The van der Waals surface area contributed by atoms with Gasteiger partial charge in [0.1, 0.15) is 5.56 Å². The monoisotopic (exact) mass is 155 g/mol. The van der Waals surface area contributed by atoms with Crippen molar-refractivity contribution in [1.29, 1.82) is 0 Å². The van der Waals surface area contributed by atoms with E-state index >= 15 is 0 Å². The summed E-state index contributed by atoms with van der Waals surface area (Å²) in [4.78, 5) is 0. The minimum Gasteiger partial charge on any atom is -0.498 e. The summed E-state index contributed by atoms with van der Waals surface area (Å²) in [5.74, 6) is -1.97. The lowest BCUT2D eigenvalue weighted by Crippen LogP contribution is -1.83. The number of hydrogen-bond donors (Lipinski definition) is 0. The predicted molar refractivity (Wildman–Crippen MR) is 36.1 cm³/mol. The van der Waals surface area contributed by atoms with Gasteiger partial charge in [-0.15, -0.1) is 0 Å². The second kappa shape index (κ2) is 2.97. The Morgan fingerprint density at radius 1 is 1.27 bits per heavy atom. The van der Waals surface area contributed by atoms with E-state index in [0.29, 0.717) is 0 Å². The Kier molecular flexibility index (Phi) is 2.02. The van der Waals surface area contributed by atoms with Gasteiger partial charge in [0.25, 0.3) is 0 Å². The number of rotatable bonds is 0. The zero-order chi connectivity index (χ0) is 8.27. The molecule has 0 saturated heterocycles. The molecule has 4 heteroatoms. The summed E-state index contributed by atoms with van der Waals surface area (Å²) in [5.41, 5.74) is 0.124. The molecule has 0 unspecified atom stereocenters. The van der Waals surface area contributed by atoms with Crippen LogP contribution >= 0.6 is 0 Å². The van der Waals surface area contributed by atoms with Crippen LogP contribution in [-0.2, 0) is 0 Å². The molecule has 0 spiro atoms. The van der Waals surface area contributed by atoms with Gasteiger partial charge < -0.3 is 5.21 Å². The summed E-state index contributed by atoms with van der Waals surface area (Å²) in [5, 5.41) is 11.9. The quantitative estimate of drug-likeness (QED) is 0.527. The minimum absolute atomic E-state index is 0.124. The normalized spacial score (nSPS) is 8.55. The summed E-state index contributed by atoms with van der Waals surface area (Å²) < 4.78 is 24.6. The fourth-order valence-electron chi connectivity index (χ4n) is 0.618. The standard InChI is InChI=1S/C7H3F2NO/c8-6-2-1-5(4-10-11)3-7(6)9/h1-3H. The smallest absolute Gasteiger partial charge is 0.336 e. The van der Waals surface area contributed by atoms with Gasteiger partial charge in [-0.25, -0.2) is 8.78 Å². The van der Waals surface area contributed by atoms with Crippen LogP contribution in [0.15, 0.2) is 18.2 Å². The van der Waals surface area contributed by atoms with Crippen molar-refractivity contribution in [3.63, 3.8) is 0 Å². The fraction of sp³-hybridized carbons (Fsp3) is 0. The Labute approximate surface area is 61.5 Å². The van der Waals surface area contributed by atoms with Crippen LogP contribution in [-0.4, -0.2) is 0 Å². The molecule has 0 saturated carbocycles. The maximum Gasteiger partial charge on any atom is 0.336 e. The highest BCUT2D eigenvalue weighted by Gasteiger charge is 2.02. The van der Waals surface area contributed by atoms with Crippen molar-refractivity contribution in [1.82, 2.24) is 0 Å². The molecule has 56 valence electrons. The molecular formula is C7H3F2NO. The van der Waals surface area contributed by atoms with Gasteiger partial charge in [0.15, 0.2) is 11.6 Å². The van der Waals surface area contributed by atoms with Crippen molar-refractivity contribution < 1.29 is 8.78 Å². The van der Waals surface area contributed by atoms with E-state index in [1.165, 1.54) is 6.07 Å². The zero-order valence-electron chi connectivity index (χ0n) is 5.34. The first-order chi connectivity index (χ1) is 5.24. The SMILES string of the molecule is [O-][N+]#Cc1ccc(F)c(F)c1. The lowest BCUT2D eigenvalue weighted by atomic mass is 10.2. The summed E-state index contributed by atoms with van der Waals surface area (Å²) in [6, 6.07) is 4.90. The highest BCUT2D eigenvalue weighted by Crippen LogP contribution is 2.07. The van der Waals surface area contributed by atoms with Gasteiger partial charge in [-0.1, -0.05) is 0 Å². The molecule has 0 N–H and O–H groups in total. The Bertz CT molecular complexity index is 327. The van der Waals surface area contributed by atoms with Gasteiger partial charge >= 0.3 is 6.07 Å². The average Bonchev–Trinajstić information content (AvgIpc) is 1.98. The number of halogens is 2. The first-order valence-corrected chi connectivity index (χ1v) is 2.77. The van der Waals surface area contributed by atoms with Crippen LogP contribution in [0.2, 0.25) is 0 Å². The molecule has 0 aromatic heterocycles. The van der Waals surface area contributed by atoms with Gasteiger partial charge in [0.05, 0.1) is 0 Å². The third-order valence-corrected chi connectivity index (χ3v) is 1.09. The zero-order valence-corrected chi connectivity index (χ0v) is 5.34. The van der Waals surface area contributed by atoms with E-state index in [1.54, 1.807) is 0 Å². The highest BCUT2D eigenvalue weighted by atomic mass is 19.2. The Morgan fingerprint density at radius 3 is 2.55 bits per heavy atom. The molecule has 0 fully saturated rings. The molecule has 0 aliphatic rings. The topological polar surface area (TPSA) is 27.4 Å². The van der Waals surface area contributed by atoms with Gasteiger partial charge in [-0.2, -0.15) is 0 Å². The molecule has 0 aliphatic carbocycles. The first-order valence-electron chi connectivity index (χ1n) is 2.77. The van der Waals surface area contributed by atoms with Gasteiger partial charge in [0.2, 0.25) is 0 Å². The molecule has 0 radical (unpaired) electrons. The highest BCUT2D eigenvalue weighted by molar-refractivity contribution is 5.32. The third-order valence-electron chi connectivity index (χ3n) is 1.09. The molecule has 1 aromatic rings. The van der Waals surface area contributed by atoms with E-state index in [4.69, 9.17) is 0 Å². The Balaban J connectivity index is 3.12. The van der Waals surface area contributed by atoms with E-state index in [-0.39, 0.29) is 5.56 Å². The molecule has 11 heavy (non-hydrogen) atoms. The van der Waals surface area contributed by atoms with Crippen molar-refractivity contribution in [2.24, 2.45) is 0 Å². The van der Waals surface area contributed by atoms with Crippen LogP contribution in [0.25, 0.3) is 5.01 Å². The van der Waals surface area contributed by atoms with Crippen LogP contribution in [0.1, 0.15) is 5.56 Å². The Morgan fingerprint density at radius 2 is 2.00 bits per heavy atom. The van der Waals surface area contributed by atoms with E-state index < -0.39 is 11.6 Å². The number of benzene rings is 1. The summed E-state index contributed by atoms with van der Waals surface area (Å²) in [6.07, 6.45) is 0. The van der Waals surface area contributed by atoms with Crippen molar-refractivity contribution in [2.75, 3.05) is 0 Å². The average molecular weight is 155 g/mol. The van der Waals surface area contributed by atoms with Crippen LogP contribution in [0.3, 0.4) is 0 Å². The molecule has 1 aromatic carbocycles.